The Balaban J connectivity index is 1.95. The molecule has 1 saturated heterocycles. The zero-order valence-electron chi connectivity index (χ0n) is 10.9. The second-order valence-electron chi connectivity index (χ2n) is 5.22. The summed E-state index contributed by atoms with van der Waals surface area (Å²) < 4.78 is 0. The molecule has 1 aliphatic rings. The minimum atomic E-state index is 0.112. The van der Waals surface area contributed by atoms with E-state index in [1.54, 1.807) is 0 Å². The molecule has 4 heteroatoms. The third-order valence-electron chi connectivity index (χ3n) is 3.58. The molecular formula is C13H21N3O. The molecule has 4 nitrogen and oxygen atoms in total. The summed E-state index contributed by atoms with van der Waals surface area (Å²) >= 11 is 0. The fourth-order valence-electron chi connectivity index (χ4n) is 2.52. The topological polar surface area (TPSA) is 49.0 Å². The molecule has 94 valence electrons. The monoisotopic (exact) mass is 235 g/mol. The molecule has 0 atom stereocenters. The number of amides is 1. The number of aromatic amines is 1. The predicted molar refractivity (Wildman–Crippen MR) is 66.7 cm³/mol. The van der Waals surface area contributed by atoms with E-state index in [9.17, 15) is 4.79 Å². The maximum Gasteiger partial charge on any atom is 0.225 e. The van der Waals surface area contributed by atoms with Gasteiger partial charge in [-0.2, -0.15) is 5.10 Å². The molecule has 1 aromatic rings. The number of rotatable bonds is 2. The maximum atomic E-state index is 11.9. The van der Waals surface area contributed by atoms with E-state index in [2.05, 4.69) is 17.1 Å². The smallest absolute Gasteiger partial charge is 0.225 e. The fraction of sp³-hybridized carbons (Fsp3) is 0.692. The van der Waals surface area contributed by atoms with Gasteiger partial charge in [-0.25, -0.2) is 0 Å². The summed E-state index contributed by atoms with van der Waals surface area (Å²) in [6.07, 6.45) is 3.96. The van der Waals surface area contributed by atoms with Crippen LogP contribution in [0.1, 0.15) is 43.9 Å². The van der Waals surface area contributed by atoms with Crippen molar-refractivity contribution in [1.29, 1.82) is 0 Å². The number of carbonyl (C=O) groups is 1. The van der Waals surface area contributed by atoms with Crippen LogP contribution in [0, 0.1) is 12.8 Å². The molecule has 0 unspecified atom stereocenters. The Bertz CT molecular complexity index is 389. The van der Waals surface area contributed by atoms with Crippen molar-refractivity contribution in [1.82, 2.24) is 15.1 Å². The molecule has 1 N–H and O–H groups in total. The Morgan fingerprint density at radius 1 is 1.47 bits per heavy atom. The molecule has 1 amide bonds. The van der Waals surface area contributed by atoms with Crippen LogP contribution in [0.15, 0.2) is 6.20 Å². The first-order valence-corrected chi connectivity index (χ1v) is 6.38. The molecule has 1 aliphatic heterocycles. The van der Waals surface area contributed by atoms with Crippen molar-refractivity contribution in [2.45, 2.75) is 39.5 Å². The molecular weight excluding hydrogens is 214 g/mol. The quantitative estimate of drug-likeness (QED) is 0.853. The van der Waals surface area contributed by atoms with Gasteiger partial charge in [-0.15, -0.1) is 0 Å². The largest absolute Gasteiger partial charge is 0.342 e. The van der Waals surface area contributed by atoms with Gasteiger partial charge in [-0.1, -0.05) is 13.8 Å². The van der Waals surface area contributed by atoms with Crippen molar-refractivity contribution in [2.24, 2.45) is 5.92 Å². The summed E-state index contributed by atoms with van der Waals surface area (Å²) in [4.78, 5) is 13.9. The van der Waals surface area contributed by atoms with E-state index in [1.807, 2.05) is 24.9 Å². The summed E-state index contributed by atoms with van der Waals surface area (Å²) in [5, 5.41) is 7.16. The number of aromatic nitrogens is 2. The van der Waals surface area contributed by atoms with Crippen molar-refractivity contribution >= 4 is 5.91 Å². The van der Waals surface area contributed by atoms with E-state index in [-0.39, 0.29) is 11.8 Å². The van der Waals surface area contributed by atoms with Crippen LogP contribution < -0.4 is 0 Å². The first-order valence-electron chi connectivity index (χ1n) is 6.38. The van der Waals surface area contributed by atoms with Crippen LogP contribution >= 0.6 is 0 Å². The highest BCUT2D eigenvalue weighted by atomic mass is 16.2. The Labute approximate surface area is 102 Å². The number of hydrogen-bond donors (Lipinski definition) is 1. The van der Waals surface area contributed by atoms with E-state index >= 15 is 0 Å². The van der Waals surface area contributed by atoms with Crippen molar-refractivity contribution in [3.8, 4) is 0 Å². The van der Waals surface area contributed by atoms with Gasteiger partial charge < -0.3 is 4.90 Å². The lowest BCUT2D eigenvalue weighted by molar-refractivity contribution is -0.135. The number of nitrogens with one attached hydrogen (secondary N) is 1. The summed E-state index contributed by atoms with van der Waals surface area (Å²) in [7, 11) is 0. The van der Waals surface area contributed by atoms with Gasteiger partial charge >= 0.3 is 0 Å². The molecule has 0 aromatic carbocycles. The summed E-state index contributed by atoms with van der Waals surface area (Å²) in [6, 6.07) is 0. The molecule has 0 radical (unpaired) electrons. The highest BCUT2D eigenvalue weighted by molar-refractivity contribution is 5.78. The third-order valence-corrected chi connectivity index (χ3v) is 3.58. The van der Waals surface area contributed by atoms with E-state index in [0.29, 0.717) is 5.92 Å². The molecule has 2 heterocycles. The van der Waals surface area contributed by atoms with E-state index in [0.717, 1.165) is 25.9 Å². The zero-order valence-corrected chi connectivity index (χ0v) is 10.9. The molecule has 0 bridgehead atoms. The Kier molecular flexibility index (Phi) is 3.50. The molecule has 1 aromatic heterocycles. The maximum absolute atomic E-state index is 11.9. The number of hydrogen-bond acceptors (Lipinski definition) is 2. The second kappa shape index (κ2) is 4.90. The van der Waals surface area contributed by atoms with Gasteiger partial charge in [0, 0.05) is 30.6 Å². The van der Waals surface area contributed by atoms with E-state index in [1.165, 1.54) is 11.3 Å². The summed E-state index contributed by atoms with van der Waals surface area (Å²) in [5.41, 5.74) is 2.49. The van der Waals surface area contributed by atoms with Gasteiger partial charge in [-0.05, 0) is 25.3 Å². The molecule has 0 saturated carbocycles. The number of piperidine rings is 1. The number of likely N-dealkylation sites (tertiary alicyclic amines) is 1. The van der Waals surface area contributed by atoms with Gasteiger partial charge in [-0.3, -0.25) is 9.89 Å². The minimum Gasteiger partial charge on any atom is -0.342 e. The standard InChI is InChI=1S/C13H21N3O/c1-9(2)13(17)16-6-4-11(5-7-16)12-10(3)8-14-15-12/h8-9,11H,4-7H2,1-3H3,(H,14,15). The van der Waals surface area contributed by atoms with Gasteiger partial charge in [0.25, 0.3) is 0 Å². The number of aryl methyl sites for hydroxylation is 1. The Morgan fingerprint density at radius 3 is 2.59 bits per heavy atom. The number of H-pyrrole nitrogens is 1. The minimum absolute atomic E-state index is 0.112. The van der Waals surface area contributed by atoms with Gasteiger partial charge in [0.15, 0.2) is 0 Å². The molecule has 17 heavy (non-hydrogen) atoms. The lowest BCUT2D eigenvalue weighted by atomic mass is 9.91. The molecule has 1 fully saturated rings. The van der Waals surface area contributed by atoms with Crippen LogP contribution in [-0.4, -0.2) is 34.1 Å². The molecule has 0 spiro atoms. The number of nitrogens with zero attached hydrogens (tertiary/aromatic N) is 2. The highest BCUT2D eigenvalue weighted by Crippen LogP contribution is 2.28. The van der Waals surface area contributed by atoms with E-state index < -0.39 is 0 Å². The van der Waals surface area contributed by atoms with Crippen LogP contribution in [0.4, 0.5) is 0 Å². The first kappa shape index (κ1) is 12.1. The summed E-state index contributed by atoms with van der Waals surface area (Å²) in [6.45, 7) is 7.77. The third kappa shape index (κ3) is 2.51. The zero-order chi connectivity index (χ0) is 12.4. The van der Waals surface area contributed by atoms with Crippen molar-refractivity contribution in [3.63, 3.8) is 0 Å². The molecule has 0 aliphatic carbocycles. The van der Waals surface area contributed by atoms with Gasteiger partial charge in [0.2, 0.25) is 5.91 Å². The lowest BCUT2D eigenvalue weighted by Crippen LogP contribution is -2.40. The van der Waals surface area contributed by atoms with Crippen molar-refractivity contribution in [3.05, 3.63) is 17.5 Å². The van der Waals surface area contributed by atoms with Crippen LogP contribution in [0.5, 0.6) is 0 Å². The van der Waals surface area contributed by atoms with Gasteiger partial charge in [0.05, 0.1) is 6.20 Å². The predicted octanol–water partition coefficient (Wildman–Crippen LogP) is 2.08. The van der Waals surface area contributed by atoms with Gasteiger partial charge in [0.1, 0.15) is 0 Å². The van der Waals surface area contributed by atoms with Crippen molar-refractivity contribution < 1.29 is 4.79 Å². The van der Waals surface area contributed by atoms with Crippen LogP contribution in [-0.2, 0) is 4.79 Å². The second-order valence-corrected chi connectivity index (χ2v) is 5.22. The lowest BCUT2D eigenvalue weighted by Gasteiger charge is -2.32. The Morgan fingerprint density at radius 2 is 2.12 bits per heavy atom. The highest BCUT2D eigenvalue weighted by Gasteiger charge is 2.26. The van der Waals surface area contributed by atoms with Crippen LogP contribution in [0.25, 0.3) is 0 Å². The van der Waals surface area contributed by atoms with Crippen LogP contribution in [0.3, 0.4) is 0 Å². The average Bonchev–Trinajstić information content (AvgIpc) is 2.74. The normalized spacial score (nSPS) is 17.8. The SMILES string of the molecule is Cc1cn[nH]c1C1CCN(C(=O)C(C)C)CC1. The first-order chi connectivity index (χ1) is 8.09. The Hall–Kier alpha value is -1.32. The number of carbonyl (C=O) groups excluding carboxylic acids is 1. The van der Waals surface area contributed by atoms with Crippen molar-refractivity contribution in [2.75, 3.05) is 13.1 Å². The average molecular weight is 235 g/mol. The fourth-order valence-corrected chi connectivity index (χ4v) is 2.52. The molecule has 2 rings (SSSR count). The summed E-state index contributed by atoms with van der Waals surface area (Å²) in [5.74, 6) is 0.930. The van der Waals surface area contributed by atoms with Crippen LogP contribution in [0.2, 0.25) is 0 Å². The van der Waals surface area contributed by atoms with E-state index in [4.69, 9.17) is 0 Å².